The fraction of sp³-hybridized carbons (Fsp3) is 0.278. The van der Waals surface area contributed by atoms with E-state index in [0.29, 0.717) is 25.8 Å². The van der Waals surface area contributed by atoms with Gasteiger partial charge in [0, 0.05) is 13.0 Å². The van der Waals surface area contributed by atoms with Crippen LogP contribution in [0.25, 0.3) is 0 Å². The summed E-state index contributed by atoms with van der Waals surface area (Å²) in [5.41, 5.74) is 1.62. The molecule has 0 fully saturated rings. The van der Waals surface area contributed by atoms with Crippen LogP contribution in [0.1, 0.15) is 30.1 Å². The van der Waals surface area contributed by atoms with Crippen molar-refractivity contribution in [3.63, 3.8) is 0 Å². The molecule has 0 heterocycles. The number of phenols is 1. The van der Waals surface area contributed by atoms with E-state index in [1.807, 2.05) is 42.5 Å². The van der Waals surface area contributed by atoms with Crippen molar-refractivity contribution < 1.29 is 15.0 Å². The van der Waals surface area contributed by atoms with E-state index in [2.05, 4.69) is 5.32 Å². The van der Waals surface area contributed by atoms with Crippen molar-refractivity contribution in [3.8, 4) is 5.75 Å². The summed E-state index contributed by atoms with van der Waals surface area (Å²) in [7, 11) is 0. The molecular formula is C18H21NO3. The Morgan fingerprint density at radius 3 is 2.45 bits per heavy atom. The van der Waals surface area contributed by atoms with Crippen LogP contribution in [-0.2, 0) is 11.2 Å². The Kier molecular flexibility index (Phi) is 5.98. The van der Waals surface area contributed by atoms with Gasteiger partial charge in [0.15, 0.2) is 0 Å². The fourth-order valence-electron chi connectivity index (χ4n) is 2.25. The summed E-state index contributed by atoms with van der Waals surface area (Å²) in [6.07, 6.45) is 0.727. The number of aliphatic hydroxyl groups excluding tert-OH is 1. The molecule has 1 amide bonds. The monoisotopic (exact) mass is 299 g/mol. The van der Waals surface area contributed by atoms with Gasteiger partial charge >= 0.3 is 0 Å². The van der Waals surface area contributed by atoms with Crippen LogP contribution < -0.4 is 5.32 Å². The van der Waals surface area contributed by atoms with Crippen molar-refractivity contribution >= 4 is 5.91 Å². The Hall–Kier alpha value is -2.33. The first-order chi connectivity index (χ1) is 10.7. The van der Waals surface area contributed by atoms with Gasteiger partial charge in [-0.05, 0) is 30.0 Å². The highest BCUT2D eigenvalue weighted by molar-refractivity contribution is 5.76. The topological polar surface area (TPSA) is 69.6 Å². The molecule has 0 saturated heterocycles. The second-order valence-electron chi connectivity index (χ2n) is 5.19. The molecule has 116 valence electrons. The van der Waals surface area contributed by atoms with E-state index < -0.39 is 6.10 Å². The summed E-state index contributed by atoms with van der Waals surface area (Å²) in [5.74, 6) is 0.137. The second-order valence-corrected chi connectivity index (χ2v) is 5.19. The number of amides is 1. The lowest BCUT2D eigenvalue weighted by Gasteiger charge is -2.11. The van der Waals surface area contributed by atoms with Crippen molar-refractivity contribution in [2.24, 2.45) is 0 Å². The zero-order chi connectivity index (χ0) is 15.8. The summed E-state index contributed by atoms with van der Waals surface area (Å²) in [5, 5.41) is 22.4. The molecule has 2 rings (SSSR count). The molecule has 2 aromatic rings. The highest BCUT2D eigenvalue weighted by Gasteiger charge is 2.08. The maximum absolute atomic E-state index is 11.8. The Labute approximate surface area is 130 Å². The van der Waals surface area contributed by atoms with Crippen LogP contribution in [0.5, 0.6) is 5.75 Å². The van der Waals surface area contributed by atoms with E-state index in [4.69, 9.17) is 0 Å². The Morgan fingerprint density at radius 2 is 1.73 bits per heavy atom. The molecule has 1 atom stereocenters. The average Bonchev–Trinajstić information content (AvgIpc) is 2.55. The SMILES string of the molecule is O=C(CCc1ccccc1O)NCCC(O)c1ccccc1. The number of hydrogen-bond donors (Lipinski definition) is 3. The fourth-order valence-corrected chi connectivity index (χ4v) is 2.25. The molecule has 0 radical (unpaired) electrons. The zero-order valence-electron chi connectivity index (χ0n) is 12.4. The van der Waals surface area contributed by atoms with Gasteiger partial charge in [0.05, 0.1) is 6.10 Å². The smallest absolute Gasteiger partial charge is 0.220 e. The number of carbonyl (C=O) groups is 1. The molecule has 0 spiro atoms. The summed E-state index contributed by atoms with van der Waals surface area (Å²) in [6.45, 7) is 0.426. The molecule has 0 saturated carbocycles. The van der Waals surface area contributed by atoms with Crippen molar-refractivity contribution in [3.05, 3.63) is 65.7 Å². The first-order valence-corrected chi connectivity index (χ1v) is 7.43. The number of phenolic OH excluding ortho intramolecular Hbond substituents is 1. The Morgan fingerprint density at radius 1 is 1.05 bits per heavy atom. The van der Waals surface area contributed by atoms with Crippen molar-refractivity contribution in [1.29, 1.82) is 0 Å². The summed E-state index contributed by atoms with van der Waals surface area (Å²) < 4.78 is 0. The average molecular weight is 299 g/mol. The predicted octanol–water partition coefficient (Wildman–Crippen LogP) is 2.56. The maximum atomic E-state index is 11.8. The standard InChI is InChI=1S/C18H21NO3/c20-16-9-5-4-8-15(16)10-11-18(22)19-13-12-17(21)14-6-2-1-3-7-14/h1-9,17,20-21H,10-13H2,(H,19,22). The lowest BCUT2D eigenvalue weighted by Crippen LogP contribution is -2.25. The normalized spacial score (nSPS) is 11.9. The molecule has 4 heteroatoms. The second kappa shape index (κ2) is 8.20. The number of aryl methyl sites for hydroxylation is 1. The quantitative estimate of drug-likeness (QED) is 0.736. The molecule has 1 unspecified atom stereocenters. The first kappa shape index (κ1) is 16.0. The number of benzene rings is 2. The van der Waals surface area contributed by atoms with E-state index in [1.54, 1.807) is 12.1 Å². The van der Waals surface area contributed by atoms with E-state index in [1.165, 1.54) is 0 Å². The maximum Gasteiger partial charge on any atom is 0.220 e. The minimum absolute atomic E-state index is 0.0801. The van der Waals surface area contributed by atoms with Gasteiger partial charge in [-0.3, -0.25) is 4.79 Å². The van der Waals surface area contributed by atoms with Gasteiger partial charge in [0.2, 0.25) is 5.91 Å². The number of hydrogen-bond acceptors (Lipinski definition) is 3. The van der Waals surface area contributed by atoms with Crippen molar-refractivity contribution in [2.45, 2.75) is 25.4 Å². The molecule has 0 aromatic heterocycles. The lowest BCUT2D eigenvalue weighted by molar-refractivity contribution is -0.121. The zero-order valence-corrected chi connectivity index (χ0v) is 12.4. The van der Waals surface area contributed by atoms with Crippen LogP contribution in [-0.4, -0.2) is 22.7 Å². The minimum Gasteiger partial charge on any atom is -0.508 e. The third kappa shape index (κ3) is 4.90. The molecule has 0 bridgehead atoms. The van der Waals surface area contributed by atoms with E-state index in [0.717, 1.165) is 11.1 Å². The van der Waals surface area contributed by atoms with Crippen molar-refractivity contribution in [1.82, 2.24) is 5.32 Å². The van der Waals surface area contributed by atoms with E-state index in [-0.39, 0.29) is 11.7 Å². The largest absolute Gasteiger partial charge is 0.508 e. The number of nitrogens with one attached hydrogen (secondary N) is 1. The summed E-state index contributed by atoms with van der Waals surface area (Å²) in [4.78, 5) is 11.8. The van der Waals surface area contributed by atoms with Gasteiger partial charge in [-0.2, -0.15) is 0 Å². The molecule has 2 aromatic carbocycles. The van der Waals surface area contributed by atoms with Crippen LogP contribution in [0.15, 0.2) is 54.6 Å². The number of carbonyl (C=O) groups excluding carboxylic acids is 1. The molecule has 0 aliphatic carbocycles. The van der Waals surface area contributed by atoms with Gasteiger partial charge in [-0.1, -0.05) is 48.5 Å². The Bertz CT molecular complexity index is 598. The van der Waals surface area contributed by atoms with Gasteiger partial charge in [-0.25, -0.2) is 0 Å². The molecule has 0 aliphatic rings. The van der Waals surface area contributed by atoms with Crippen LogP contribution in [0.3, 0.4) is 0 Å². The van der Waals surface area contributed by atoms with Gasteiger partial charge < -0.3 is 15.5 Å². The van der Waals surface area contributed by atoms with Gasteiger partial charge in [0.1, 0.15) is 5.75 Å². The third-order valence-corrected chi connectivity index (χ3v) is 3.54. The molecule has 3 N–H and O–H groups in total. The van der Waals surface area contributed by atoms with Crippen LogP contribution in [0.4, 0.5) is 0 Å². The van der Waals surface area contributed by atoms with Crippen LogP contribution in [0, 0.1) is 0 Å². The highest BCUT2D eigenvalue weighted by Crippen LogP contribution is 2.17. The minimum atomic E-state index is -0.570. The molecule has 4 nitrogen and oxygen atoms in total. The van der Waals surface area contributed by atoms with Crippen LogP contribution in [0.2, 0.25) is 0 Å². The summed E-state index contributed by atoms with van der Waals surface area (Å²) >= 11 is 0. The number of para-hydroxylation sites is 1. The number of rotatable bonds is 7. The summed E-state index contributed by atoms with van der Waals surface area (Å²) in [6, 6.07) is 16.4. The van der Waals surface area contributed by atoms with Crippen molar-refractivity contribution in [2.75, 3.05) is 6.54 Å². The lowest BCUT2D eigenvalue weighted by atomic mass is 10.1. The van der Waals surface area contributed by atoms with Crippen LogP contribution >= 0.6 is 0 Å². The van der Waals surface area contributed by atoms with E-state index >= 15 is 0 Å². The third-order valence-electron chi connectivity index (χ3n) is 3.54. The molecule has 22 heavy (non-hydrogen) atoms. The molecule has 0 aliphatic heterocycles. The van der Waals surface area contributed by atoms with Gasteiger partial charge in [-0.15, -0.1) is 0 Å². The highest BCUT2D eigenvalue weighted by atomic mass is 16.3. The Balaban J connectivity index is 1.69. The molecular weight excluding hydrogens is 278 g/mol. The first-order valence-electron chi connectivity index (χ1n) is 7.43. The number of aromatic hydroxyl groups is 1. The predicted molar refractivity (Wildman–Crippen MR) is 85.5 cm³/mol. The van der Waals surface area contributed by atoms with Gasteiger partial charge in [0.25, 0.3) is 0 Å². The van der Waals surface area contributed by atoms with E-state index in [9.17, 15) is 15.0 Å². The number of aliphatic hydroxyl groups is 1.